The molecule has 3 rings (SSSR count). The van der Waals surface area contributed by atoms with Crippen molar-refractivity contribution in [3.63, 3.8) is 0 Å². The van der Waals surface area contributed by atoms with Crippen LogP contribution in [0.5, 0.6) is 0 Å². The summed E-state index contributed by atoms with van der Waals surface area (Å²) in [5.74, 6) is -0.599. The fourth-order valence-electron chi connectivity index (χ4n) is 3.32. The quantitative estimate of drug-likeness (QED) is 0.696. The van der Waals surface area contributed by atoms with Crippen LogP contribution in [0.3, 0.4) is 0 Å². The van der Waals surface area contributed by atoms with E-state index in [1.165, 1.54) is 23.0 Å². The second kappa shape index (κ2) is 7.52. The highest BCUT2D eigenvalue weighted by Gasteiger charge is 2.36. The van der Waals surface area contributed by atoms with E-state index in [1.807, 2.05) is 0 Å². The van der Waals surface area contributed by atoms with Crippen LogP contribution in [-0.2, 0) is 6.18 Å². The molecule has 28 heavy (non-hydrogen) atoms. The number of alkyl halides is 3. The second-order valence-electron chi connectivity index (χ2n) is 6.77. The maximum atomic E-state index is 12.7. The van der Waals surface area contributed by atoms with Gasteiger partial charge in [-0.15, -0.1) is 0 Å². The number of rotatable bonds is 4. The van der Waals surface area contributed by atoms with E-state index in [0.717, 1.165) is 18.6 Å². The van der Waals surface area contributed by atoms with Crippen LogP contribution >= 0.6 is 0 Å². The summed E-state index contributed by atoms with van der Waals surface area (Å²) in [4.78, 5) is 15.4. The number of nitrogens with zero attached hydrogens (tertiary/aromatic N) is 3. The number of carbonyl (C=O) groups excluding carboxylic acids is 1. The fourth-order valence-corrected chi connectivity index (χ4v) is 3.32. The first kappa shape index (κ1) is 19.7. The van der Waals surface area contributed by atoms with Crippen LogP contribution in [0.15, 0.2) is 30.5 Å². The number of benzene rings is 1. The first-order valence-corrected chi connectivity index (χ1v) is 8.64. The van der Waals surface area contributed by atoms with Crippen molar-refractivity contribution >= 4 is 17.4 Å². The molecule has 1 fully saturated rings. The summed E-state index contributed by atoms with van der Waals surface area (Å²) in [6.45, 7) is 7.39. The van der Waals surface area contributed by atoms with E-state index in [1.54, 1.807) is 0 Å². The van der Waals surface area contributed by atoms with Gasteiger partial charge in [-0.2, -0.15) is 18.3 Å². The van der Waals surface area contributed by atoms with Gasteiger partial charge in [-0.25, -0.2) is 6.57 Å². The van der Waals surface area contributed by atoms with Gasteiger partial charge in [-0.05, 0) is 37.1 Å². The van der Waals surface area contributed by atoms with Gasteiger partial charge in [-0.1, -0.05) is 0 Å². The molecule has 1 aliphatic carbocycles. The lowest BCUT2D eigenvalue weighted by molar-refractivity contribution is -0.137. The molecule has 0 bridgehead atoms. The van der Waals surface area contributed by atoms with E-state index in [2.05, 4.69) is 15.3 Å². The Morgan fingerprint density at radius 3 is 2.54 bits per heavy atom. The molecule has 1 amide bonds. The highest BCUT2D eigenvalue weighted by molar-refractivity contribution is 5.98. The predicted octanol–water partition coefficient (Wildman–Crippen LogP) is 3.08. The van der Waals surface area contributed by atoms with Crippen molar-refractivity contribution in [3.8, 4) is 0 Å². The number of aromatic nitrogens is 2. The van der Waals surface area contributed by atoms with Gasteiger partial charge in [0.2, 0.25) is 6.04 Å². The second-order valence-corrected chi connectivity index (χ2v) is 6.77. The molecule has 148 valence electrons. The molecule has 1 aliphatic rings. The van der Waals surface area contributed by atoms with E-state index in [9.17, 15) is 18.0 Å². The Balaban J connectivity index is 1.87. The lowest BCUT2D eigenvalue weighted by atomic mass is 9.88. The topological polar surface area (TPSA) is 103 Å². The van der Waals surface area contributed by atoms with Crippen molar-refractivity contribution in [2.45, 2.75) is 43.6 Å². The van der Waals surface area contributed by atoms with Gasteiger partial charge in [-0.3, -0.25) is 9.48 Å². The summed E-state index contributed by atoms with van der Waals surface area (Å²) in [7, 11) is 0. The number of anilines is 2. The molecule has 1 aromatic carbocycles. The number of hydrogen-bond acceptors (Lipinski definition) is 4. The summed E-state index contributed by atoms with van der Waals surface area (Å²) in [5.41, 5.74) is 11.0. The zero-order chi connectivity index (χ0) is 20.5. The number of halogens is 3. The summed E-state index contributed by atoms with van der Waals surface area (Å²) >= 11 is 0. The molecule has 1 saturated carbocycles. The van der Waals surface area contributed by atoms with Gasteiger partial charge < -0.3 is 21.6 Å². The first-order chi connectivity index (χ1) is 13.2. The molecule has 0 aliphatic heterocycles. The van der Waals surface area contributed by atoms with Gasteiger partial charge in [0.1, 0.15) is 11.6 Å². The minimum atomic E-state index is -4.44. The molecule has 5 N–H and O–H groups in total. The smallest absolute Gasteiger partial charge is 0.365 e. The molecule has 7 nitrogen and oxygen atoms in total. The van der Waals surface area contributed by atoms with Crippen molar-refractivity contribution in [2.75, 3.05) is 5.32 Å². The molecule has 2 aromatic rings. The molecule has 0 unspecified atom stereocenters. The molecular formula is C18H19F3N6O. The Morgan fingerprint density at radius 2 is 1.96 bits per heavy atom. The predicted molar refractivity (Wildman–Crippen MR) is 96.7 cm³/mol. The summed E-state index contributed by atoms with van der Waals surface area (Å²) < 4.78 is 39.6. The average Bonchev–Trinajstić information content (AvgIpc) is 3.05. The Hall–Kier alpha value is -3.06. The summed E-state index contributed by atoms with van der Waals surface area (Å²) in [6.07, 6.45) is -1.08. The van der Waals surface area contributed by atoms with Gasteiger partial charge in [0.15, 0.2) is 5.82 Å². The number of nitrogens with two attached hydrogens (primary N) is 2. The molecule has 10 heteroatoms. The lowest BCUT2D eigenvalue weighted by Crippen LogP contribution is -2.36. The third-order valence-electron chi connectivity index (χ3n) is 4.80. The third-order valence-corrected chi connectivity index (χ3v) is 4.80. The van der Waals surface area contributed by atoms with E-state index in [0.29, 0.717) is 18.5 Å². The molecule has 3 atom stereocenters. The highest BCUT2D eigenvalue weighted by atomic mass is 19.4. The molecule has 0 spiro atoms. The zero-order valence-corrected chi connectivity index (χ0v) is 14.8. The van der Waals surface area contributed by atoms with Crippen molar-refractivity contribution in [3.05, 3.63) is 53.0 Å². The minimum absolute atomic E-state index is 0.0498. The summed E-state index contributed by atoms with van der Waals surface area (Å²) in [5, 5.41) is 7.17. The SMILES string of the molecule is [C-]#[N+][C@@H]1C[C@@H](N)CC[C@H]1n1cc(C(N)=O)c(Nc2ccc(C(F)(F)F)cc2)n1. The maximum Gasteiger partial charge on any atom is 0.416 e. The zero-order valence-electron chi connectivity index (χ0n) is 14.8. The average molecular weight is 392 g/mol. The van der Waals surface area contributed by atoms with Crippen LogP contribution in [0.4, 0.5) is 24.7 Å². The Morgan fingerprint density at radius 1 is 1.29 bits per heavy atom. The monoisotopic (exact) mass is 392 g/mol. The van der Waals surface area contributed by atoms with Crippen LogP contribution in [0.2, 0.25) is 0 Å². The van der Waals surface area contributed by atoms with E-state index in [-0.39, 0.29) is 29.5 Å². The number of carbonyl (C=O) groups is 1. The van der Waals surface area contributed by atoms with Crippen molar-refractivity contribution in [1.82, 2.24) is 9.78 Å². The fraction of sp³-hybridized carbons (Fsp3) is 0.389. The highest BCUT2D eigenvalue weighted by Crippen LogP contribution is 2.33. The van der Waals surface area contributed by atoms with E-state index in [4.69, 9.17) is 18.0 Å². The van der Waals surface area contributed by atoms with Gasteiger partial charge in [0.25, 0.3) is 5.91 Å². The number of hydrogen-bond donors (Lipinski definition) is 3. The standard InChI is InChI=1S/C18H19F3N6O/c1-24-14-8-11(22)4-7-15(14)27-9-13(16(23)28)17(26-27)25-12-5-2-10(3-6-12)18(19,20)21/h2-3,5-6,9,11,14-15H,4,7-8,22H2,(H2,23,28)(H,25,26)/t11-,14+,15+/m0/s1. The van der Waals surface area contributed by atoms with Crippen LogP contribution in [-0.4, -0.2) is 27.8 Å². The Labute approximate surface area is 159 Å². The van der Waals surface area contributed by atoms with Gasteiger partial charge in [0, 0.05) is 24.3 Å². The lowest BCUT2D eigenvalue weighted by Gasteiger charge is -2.27. The molecule has 1 aromatic heterocycles. The molecular weight excluding hydrogens is 373 g/mol. The largest absolute Gasteiger partial charge is 0.416 e. The Kier molecular flexibility index (Phi) is 5.29. The van der Waals surface area contributed by atoms with Gasteiger partial charge in [0.05, 0.1) is 5.56 Å². The molecule has 0 radical (unpaired) electrons. The van der Waals surface area contributed by atoms with E-state index >= 15 is 0 Å². The third kappa shape index (κ3) is 4.09. The van der Waals surface area contributed by atoms with Crippen molar-refractivity contribution in [2.24, 2.45) is 11.5 Å². The summed E-state index contributed by atoms with van der Waals surface area (Å²) in [6, 6.07) is 3.68. The number of amides is 1. The number of nitrogens with one attached hydrogen (secondary N) is 1. The van der Waals surface area contributed by atoms with Gasteiger partial charge >= 0.3 is 6.18 Å². The minimum Gasteiger partial charge on any atom is -0.365 e. The number of primary amides is 1. The van der Waals surface area contributed by atoms with Crippen molar-refractivity contribution < 1.29 is 18.0 Å². The normalized spacial score (nSPS) is 22.5. The first-order valence-electron chi connectivity index (χ1n) is 8.64. The van der Waals surface area contributed by atoms with Crippen molar-refractivity contribution in [1.29, 1.82) is 0 Å². The Bertz CT molecular complexity index is 900. The molecule has 0 saturated heterocycles. The maximum absolute atomic E-state index is 12.7. The van der Waals surface area contributed by atoms with E-state index < -0.39 is 17.6 Å². The van der Waals surface area contributed by atoms with Crippen LogP contribution in [0, 0.1) is 6.57 Å². The molecule has 1 heterocycles. The van der Waals surface area contributed by atoms with Crippen LogP contribution in [0.25, 0.3) is 4.85 Å². The van der Waals surface area contributed by atoms with Crippen LogP contribution in [0.1, 0.15) is 41.2 Å². The van der Waals surface area contributed by atoms with Crippen LogP contribution < -0.4 is 16.8 Å².